The zero-order valence-corrected chi connectivity index (χ0v) is 13.0. The maximum atomic E-state index is 12.0. The van der Waals surface area contributed by atoms with Gasteiger partial charge in [0.15, 0.2) is 0 Å². The van der Waals surface area contributed by atoms with Crippen molar-refractivity contribution < 1.29 is 9.53 Å². The van der Waals surface area contributed by atoms with Crippen molar-refractivity contribution in [3.05, 3.63) is 70.3 Å². The molecule has 0 amide bonds. The number of nitrogens with zero attached hydrogens (tertiary/aromatic N) is 1. The third-order valence-corrected chi connectivity index (χ3v) is 3.96. The molecule has 3 rings (SSSR count). The molecule has 0 saturated heterocycles. The smallest absolute Gasteiger partial charge is 0.335 e. The number of hydrogen-bond acceptors (Lipinski definition) is 3. The number of para-hydroxylation sites is 1. The Morgan fingerprint density at radius 3 is 2.64 bits per heavy atom. The molecule has 2 aromatic carbocycles. The van der Waals surface area contributed by atoms with Crippen molar-refractivity contribution in [1.29, 1.82) is 0 Å². The van der Waals surface area contributed by atoms with E-state index in [2.05, 4.69) is 4.90 Å². The van der Waals surface area contributed by atoms with Gasteiger partial charge in [0.25, 0.3) is 0 Å². The van der Waals surface area contributed by atoms with Gasteiger partial charge in [0.1, 0.15) is 0 Å². The number of halogens is 1. The van der Waals surface area contributed by atoms with Crippen molar-refractivity contribution in [3.8, 4) is 0 Å². The molecule has 2 aromatic rings. The molecule has 3 nitrogen and oxygen atoms in total. The average Bonchev–Trinajstić information content (AvgIpc) is 2.74. The number of fused-ring (bicyclic) bond motifs is 1. The summed E-state index contributed by atoms with van der Waals surface area (Å²) < 4.78 is 4.91. The van der Waals surface area contributed by atoms with Crippen molar-refractivity contribution in [1.82, 2.24) is 0 Å². The van der Waals surface area contributed by atoms with Crippen LogP contribution in [-0.4, -0.2) is 19.6 Å². The third kappa shape index (κ3) is 3.00. The van der Waals surface area contributed by atoms with Crippen LogP contribution in [0.15, 0.2) is 54.1 Å². The summed E-state index contributed by atoms with van der Waals surface area (Å²) in [5, 5.41) is 0.660. The van der Waals surface area contributed by atoms with E-state index in [1.54, 1.807) is 0 Å². The minimum Gasteiger partial charge on any atom is -0.466 e. The number of ether oxygens (including phenoxy) is 1. The summed E-state index contributed by atoms with van der Waals surface area (Å²) in [4.78, 5) is 14.2. The summed E-state index contributed by atoms with van der Waals surface area (Å²) >= 11 is 6.09. The summed E-state index contributed by atoms with van der Waals surface area (Å²) in [6.45, 7) is 1.22. The summed E-state index contributed by atoms with van der Waals surface area (Å²) in [6.07, 6.45) is 1.87. The first-order valence-electron chi connectivity index (χ1n) is 7.04. The number of esters is 1. The molecule has 0 unspecified atom stereocenters. The van der Waals surface area contributed by atoms with E-state index in [1.165, 1.54) is 7.11 Å². The second-order valence-electron chi connectivity index (χ2n) is 5.20. The highest BCUT2D eigenvalue weighted by Crippen LogP contribution is 2.27. The van der Waals surface area contributed by atoms with E-state index in [4.69, 9.17) is 16.3 Å². The molecule has 0 aliphatic carbocycles. The number of anilines is 1. The monoisotopic (exact) mass is 313 g/mol. The number of methoxy groups -OCH3 is 1. The Balaban J connectivity index is 2.06. The van der Waals surface area contributed by atoms with Crippen molar-refractivity contribution in [2.24, 2.45) is 0 Å². The molecule has 22 heavy (non-hydrogen) atoms. The molecule has 0 saturated carbocycles. The lowest BCUT2D eigenvalue weighted by Crippen LogP contribution is -2.26. The quantitative estimate of drug-likeness (QED) is 0.787. The number of rotatable bonds is 2. The first-order valence-corrected chi connectivity index (χ1v) is 7.42. The highest BCUT2D eigenvalue weighted by Gasteiger charge is 2.20. The standard InChI is InChI=1S/C18H16ClNO2/c1-22-18(21)15-9-14-10-16(19)8-7-13(14)11-20(12-15)17-5-3-2-4-6-17/h2-10H,11-12H2,1H3. The van der Waals surface area contributed by atoms with Crippen LogP contribution in [-0.2, 0) is 16.1 Å². The molecule has 0 aromatic heterocycles. The van der Waals surface area contributed by atoms with Gasteiger partial charge in [-0.2, -0.15) is 0 Å². The lowest BCUT2D eigenvalue weighted by Gasteiger charge is -2.24. The molecule has 0 spiro atoms. The van der Waals surface area contributed by atoms with Gasteiger partial charge >= 0.3 is 5.97 Å². The molecule has 0 atom stereocenters. The Morgan fingerprint density at radius 2 is 1.91 bits per heavy atom. The van der Waals surface area contributed by atoms with Crippen molar-refractivity contribution in [2.75, 3.05) is 18.6 Å². The maximum absolute atomic E-state index is 12.0. The van der Waals surface area contributed by atoms with Gasteiger partial charge in [-0.15, -0.1) is 0 Å². The van der Waals surface area contributed by atoms with Crippen LogP contribution >= 0.6 is 11.6 Å². The fourth-order valence-corrected chi connectivity index (χ4v) is 2.80. The van der Waals surface area contributed by atoms with Crippen LogP contribution < -0.4 is 4.90 Å². The van der Waals surface area contributed by atoms with E-state index in [0.29, 0.717) is 23.7 Å². The van der Waals surface area contributed by atoms with Crippen molar-refractivity contribution in [3.63, 3.8) is 0 Å². The van der Waals surface area contributed by atoms with Gasteiger partial charge in [-0.05, 0) is 41.5 Å². The van der Waals surface area contributed by atoms with Gasteiger partial charge in [-0.1, -0.05) is 35.9 Å². The van der Waals surface area contributed by atoms with Gasteiger partial charge in [0, 0.05) is 17.3 Å². The highest BCUT2D eigenvalue weighted by atomic mass is 35.5. The Bertz CT molecular complexity index is 725. The van der Waals surface area contributed by atoms with E-state index in [9.17, 15) is 4.79 Å². The Morgan fingerprint density at radius 1 is 1.14 bits per heavy atom. The minimum atomic E-state index is -0.311. The summed E-state index contributed by atoms with van der Waals surface area (Å²) in [5.41, 5.74) is 3.78. The first-order chi connectivity index (χ1) is 10.7. The van der Waals surface area contributed by atoms with Crippen LogP contribution in [0.4, 0.5) is 5.69 Å². The molecule has 0 N–H and O–H groups in total. The number of carbonyl (C=O) groups excluding carboxylic acids is 1. The zero-order valence-electron chi connectivity index (χ0n) is 12.3. The predicted octanol–water partition coefficient (Wildman–Crippen LogP) is 3.92. The first kappa shape index (κ1) is 14.7. The van der Waals surface area contributed by atoms with Crippen LogP contribution in [0.5, 0.6) is 0 Å². The fourth-order valence-electron chi connectivity index (χ4n) is 2.62. The van der Waals surface area contributed by atoms with Gasteiger partial charge in [-0.25, -0.2) is 4.79 Å². The third-order valence-electron chi connectivity index (χ3n) is 3.73. The van der Waals surface area contributed by atoms with Crippen LogP contribution in [0.25, 0.3) is 6.08 Å². The lowest BCUT2D eigenvalue weighted by atomic mass is 10.1. The van der Waals surface area contributed by atoms with Crippen LogP contribution in [0.3, 0.4) is 0 Å². The Hall–Kier alpha value is -2.26. The average molecular weight is 314 g/mol. The second kappa shape index (κ2) is 6.24. The van der Waals surface area contributed by atoms with Gasteiger partial charge in [-0.3, -0.25) is 0 Å². The second-order valence-corrected chi connectivity index (χ2v) is 5.63. The molecule has 0 fully saturated rings. The largest absolute Gasteiger partial charge is 0.466 e. The fraction of sp³-hybridized carbons (Fsp3) is 0.167. The van der Waals surface area contributed by atoms with E-state index < -0.39 is 0 Å². The van der Waals surface area contributed by atoms with Gasteiger partial charge in [0.2, 0.25) is 0 Å². The van der Waals surface area contributed by atoms with E-state index in [1.807, 2.05) is 54.6 Å². The molecule has 0 bridgehead atoms. The molecule has 1 heterocycles. The lowest BCUT2D eigenvalue weighted by molar-refractivity contribution is -0.136. The molecular weight excluding hydrogens is 298 g/mol. The predicted molar refractivity (Wildman–Crippen MR) is 88.9 cm³/mol. The number of benzene rings is 2. The maximum Gasteiger partial charge on any atom is 0.335 e. The summed E-state index contributed by atoms with van der Waals surface area (Å²) in [7, 11) is 1.40. The van der Waals surface area contributed by atoms with E-state index in [0.717, 1.165) is 16.8 Å². The zero-order chi connectivity index (χ0) is 15.5. The number of carbonyl (C=O) groups is 1. The van der Waals surface area contributed by atoms with Crippen LogP contribution in [0.1, 0.15) is 11.1 Å². The Kier molecular flexibility index (Phi) is 4.16. The summed E-state index contributed by atoms with van der Waals surface area (Å²) in [5.74, 6) is -0.311. The Labute approximate surface area is 134 Å². The molecule has 1 aliphatic heterocycles. The van der Waals surface area contributed by atoms with Crippen molar-refractivity contribution in [2.45, 2.75) is 6.54 Å². The van der Waals surface area contributed by atoms with Crippen LogP contribution in [0.2, 0.25) is 5.02 Å². The molecule has 0 radical (unpaired) electrons. The van der Waals surface area contributed by atoms with E-state index in [-0.39, 0.29) is 5.97 Å². The van der Waals surface area contributed by atoms with Crippen LogP contribution in [0, 0.1) is 0 Å². The minimum absolute atomic E-state index is 0.311. The molecule has 112 valence electrons. The van der Waals surface area contributed by atoms with E-state index >= 15 is 0 Å². The topological polar surface area (TPSA) is 29.5 Å². The normalized spacial score (nSPS) is 13.9. The number of hydrogen-bond donors (Lipinski definition) is 0. The van der Waals surface area contributed by atoms with Gasteiger partial charge < -0.3 is 9.64 Å². The van der Waals surface area contributed by atoms with Crippen molar-refractivity contribution >= 4 is 29.3 Å². The molecule has 1 aliphatic rings. The highest BCUT2D eigenvalue weighted by molar-refractivity contribution is 6.30. The molecule has 4 heteroatoms. The van der Waals surface area contributed by atoms with Gasteiger partial charge in [0.05, 0.1) is 19.2 Å². The SMILES string of the molecule is COC(=O)C1=Cc2cc(Cl)ccc2CN(c2ccccc2)C1. The molecular formula is C18H16ClNO2. The summed E-state index contributed by atoms with van der Waals surface area (Å²) in [6, 6.07) is 15.8.